The summed E-state index contributed by atoms with van der Waals surface area (Å²) in [6.07, 6.45) is 6.11. The monoisotopic (exact) mass is 449 g/mol. The van der Waals surface area contributed by atoms with Gasteiger partial charge in [0, 0.05) is 56.1 Å². The number of hydrogen-bond acceptors (Lipinski definition) is 7. The van der Waals surface area contributed by atoms with Gasteiger partial charge in [0.05, 0.1) is 6.21 Å². The lowest BCUT2D eigenvalue weighted by Gasteiger charge is -2.35. The Hall–Kier alpha value is -3.00. The maximum absolute atomic E-state index is 13.1. The zero-order chi connectivity index (χ0) is 23.4. The summed E-state index contributed by atoms with van der Waals surface area (Å²) in [5.41, 5.74) is 3.23. The largest absolute Gasteiger partial charge is 0.361 e. The summed E-state index contributed by atoms with van der Waals surface area (Å²) >= 11 is 0. The molecule has 1 aromatic carbocycles. The van der Waals surface area contributed by atoms with Crippen molar-refractivity contribution in [1.29, 1.82) is 5.41 Å². The summed E-state index contributed by atoms with van der Waals surface area (Å²) in [4.78, 5) is 19.4. The van der Waals surface area contributed by atoms with Crippen LogP contribution in [0.5, 0.6) is 0 Å². The molecule has 2 N–H and O–H groups in total. The van der Waals surface area contributed by atoms with E-state index in [0.717, 1.165) is 57.7 Å². The molecule has 33 heavy (non-hydrogen) atoms. The van der Waals surface area contributed by atoms with Crippen LogP contribution in [-0.4, -0.2) is 85.2 Å². The number of hydrogen-bond donors (Lipinski definition) is 2. The second-order valence-corrected chi connectivity index (χ2v) is 9.62. The molecule has 1 atom stereocenters. The minimum Gasteiger partial charge on any atom is -0.361 e. The second-order valence-electron chi connectivity index (χ2n) is 9.62. The maximum atomic E-state index is 13.1. The number of carbonyl (C=O) groups excluding carboxylic acids is 1. The van der Waals surface area contributed by atoms with E-state index in [-0.39, 0.29) is 5.92 Å². The van der Waals surface area contributed by atoms with E-state index in [0.29, 0.717) is 28.9 Å². The molecular formula is C25H35N7O. The molecule has 1 amide bonds. The standard InChI is InChI=1S/C25H35N7O/c1-18-4-6-22(7-5-18)27-14-21-15-28-29-24(23(21)26)31-12-9-20(10-13-31)25(33)32-11-8-19(17-32)16-30(2)3/h4-7,14-15,19-20,26-27H,8-13,16-17H2,1-3H3/b21-14-,26-23?. The third kappa shape index (κ3) is 5.68. The fourth-order valence-electron chi connectivity index (χ4n) is 4.83. The van der Waals surface area contributed by atoms with E-state index in [1.54, 1.807) is 12.4 Å². The van der Waals surface area contributed by atoms with Crippen LogP contribution in [0.2, 0.25) is 0 Å². The summed E-state index contributed by atoms with van der Waals surface area (Å²) in [6, 6.07) is 8.11. The Morgan fingerprint density at radius 3 is 2.61 bits per heavy atom. The first-order valence-corrected chi connectivity index (χ1v) is 11.8. The summed E-state index contributed by atoms with van der Waals surface area (Å²) in [5, 5.41) is 20.3. The smallest absolute Gasteiger partial charge is 0.225 e. The molecule has 0 aromatic heterocycles. The van der Waals surface area contributed by atoms with Crippen molar-refractivity contribution >= 4 is 29.4 Å². The van der Waals surface area contributed by atoms with Gasteiger partial charge in [-0.05, 0) is 58.3 Å². The van der Waals surface area contributed by atoms with Crippen molar-refractivity contribution in [2.45, 2.75) is 26.2 Å². The Bertz CT molecular complexity index is 955. The Morgan fingerprint density at radius 1 is 1.18 bits per heavy atom. The minimum atomic E-state index is 0.0689. The van der Waals surface area contributed by atoms with Gasteiger partial charge in [0.1, 0.15) is 5.71 Å². The summed E-state index contributed by atoms with van der Waals surface area (Å²) in [7, 11) is 4.18. The van der Waals surface area contributed by atoms with Gasteiger partial charge in [-0.25, -0.2) is 0 Å². The van der Waals surface area contributed by atoms with Crippen molar-refractivity contribution in [2.75, 3.05) is 52.1 Å². The zero-order valence-corrected chi connectivity index (χ0v) is 19.9. The Morgan fingerprint density at radius 2 is 1.91 bits per heavy atom. The van der Waals surface area contributed by atoms with Gasteiger partial charge in [-0.3, -0.25) is 10.2 Å². The molecular weight excluding hydrogens is 414 g/mol. The van der Waals surface area contributed by atoms with E-state index >= 15 is 0 Å². The number of nitrogens with zero attached hydrogens (tertiary/aromatic N) is 5. The quantitative estimate of drug-likeness (QED) is 0.724. The molecule has 0 aliphatic carbocycles. The fraction of sp³-hybridized carbons (Fsp3) is 0.520. The van der Waals surface area contributed by atoms with Crippen LogP contribution in [0, 0.1) is 24.2 Å². The lowest BCUT2D eigenvalue weighted by atomic mass is 9.94. The number of amidine groups is 1. The maximum Gasteiger partial charge on any atom is 0.225 e. The third-order valence-electron chi connectivity index (χ3n) is 6.67. The highest BCUT2D eigenvalue weighted by Gasteiger charge is 2.34. The first-order valence-electron chi connectivity index (χ1n) is 11.8. The normalized spacial score (nSPS) is 22.9. The molecule has 0 bridgehead atoms. The van der Waals surface area contributed by atoms with Gasteiger partial charge in [0.2, 0.25) is 5.91 Å². The lowest BCUT2D eigenvalue weighted by molar-refractivity contribution is -0.135. The van der Waals surface area contributed by atoms with Crippen molar-refractivity contribution in [3.63, 3.8) is 0 Å². The van der Waals surface area contributed by atoms with Gasteiger partial charge in [0.25, 0.3) is 0 Å². The van der Waals surface area contributed by atoms with Crippen molar-refractivity contribution in [3.8, 4) is 0 Å². The topological polar surface area (TPSA) is 87.4 Å². The molecule has 3 heterocycles. The molecule has 2 fully saturated rings. The highest BCUT2D eigenvalue weighted by molar-refractivity contribution is 6.51. The van der Waals surface area contributed by atoms with Crippen LogP contribution in [0.4, 0.5) is 5.69 Å². The summed E-state index contributed by atoms with van der Waals surface area (Å²) in [5.74, 6) is 1.54. The molecule has 0 spiro atoms. The first kappa shape index (κ1) is 23.2. The van der Waals surface area contributed by atoms with Crippen LogP contribution in [0.3, 0.4) is 0 Å². The van der Waals surface area contributed by atoms with E-state index in [1.807, 2.05) is 24.3 Å². The fourth-order valence-corrected chi connectivity index (χ4v) is 4.83. The molecule has 8 nitrogen and oxygen atoms in total. The molecule has 4 rings (SSSR count). The molecule has 8 heteroatoms. The number of amides is 1. The van der Waals surface area contributed by atoms with Gasteiger partial charge < -0.3 is 20.0 Å². The van der Waals surface area contributed by atoms with E-state index < -0.39 is 0 Å². The van der Waals surface area contributed by atoms with E-state index in [9.17, 15) is 4.79 Å². The van der Waals surface area contributed by atoms with Crippen LogP contribution in [0.25, 0.3) is 0 Å². The lowest BCUT2D eigenvalue weighted by Crippen LogP contribution is -2.46. The van der Waals surface area contributed by atoms with Gasteiger partial charge >= 0.3 is 0 Å². The van der Waals surface area contributed by atoms with Crippen LogP contribution >= 0.6 is 0 Å². The number of rotatable bonds is 5. The molecule has 0 radical (unpaired) electrons. The van der Waals surface area contributed by atoms with Crippen LogP contribution in [0.15, 0.2) is 46.2 Å². The number of anilines is 1. The van der Waals surface area contributed by atoms with Crippen molar-refractivity contribution < 1.29 is 4.79 Å². The van der Waals surface area contributed by atoms with Crippen LogP contribution in [0.1, 0.15) is 24.8 Å². The average molecular weight is 450 g/mol. The van der Waals surface area contributed by atoms with E-state index in [1.165, 1.54) is 5.56 Å². The van der Waals surface area contributed by atoms with Gasteiger partial charge in [-0.15, -0.1) is 5.10 Å². The second kappa shape index (κ2) is 10.3. The summed E-state index contributed by atoms with van der Waals surface area (Å²) < 4.78 is 0. The highest BCUT2D eigenvalue weighted by Crippen LogP contribution is 2.25. The third-order valence-corrected chi connectivity index (χ3v) is 6.67. The van der Waals surface area contributed by atoms with E-state index in [4.69, 9.17) is 5.41 Å². The zero-order valence-electron chi connectivity index (χ0n) is 19.9. The van der Waals surface area contributed by atoms with Crippen LogP contribution in [-0.2, 0) is 4.79 Å². The first-order chi connectivity index (χ1) is 15.9. The molecule has 2 saturated heterocycles. The Labute approximate surface area is 196 Å². The number of aryl methyl sites for hydroxylation is 1. The number of carbonyl (C=O) groups is 1. The van der Waals surface area contributed by atoms with Crippen molar-refractivity contribution in [2.24, 2.45) is 22.0 Å². The predicted molar refractivity (Wildman–Crippen MR) is 134 cm³/mol. The number of likely N-dealkylation sites (tertiary alicyclic amines) is 2. The Kier molecular flexibility index (Phi) is 7.23. The number of piperidine rings is 1. The molecule has 0 saturated carbocycles. The number of nitrogens with one attached hydrogen (secondary N) is 2. The van der Waals surface area contributed by atoms with Crippen molar-refractivity contribution in [3.05, 3.63) is 41.6 Å². The molecule has 3 aliphatic heterocycles. The Balaban J connectivity index is 1.30. The molecule has 1 aromatic rings. The SMILES string of the molecule is Cc1ccc(N/C=C2/C=NN=C(N3CCC(C(=O)N4CCC(CN(C)C)C4)CC3)C2=N)cc1. The van der Waals surface area contributed by atoms with Crippen LogP contribution < -0.4 is 5.32 Å². The molecule has 176 valence electrons. The minimum absolute atomic E-state index is 0.0689. The summed E-state index contributed by atoms with van der Waals surface area (Å²) in [6.45, 7) is 6.30. The predicted octanol–water partition coefficient (Wildman–Crippen LogP) is 2.83. The van der Waals surface area contributed by atoms with Gasteiger partial charge in [0.15, 0.2) is 5.84 Å². The molecule has 3 aliphatic rings. The van der Waals surface area contributed by atoms with Gasteiger partial charge in [-0.1, -0.05) is 17.7 Å². The van der Waals surface area contributed by atoms with E-state index in [2.05, 4.69) is 51.2 Å². The number of benzene rings is 1. The molecule has 1 unspecified atom stereocenters. The van der Waals surface area contributed by atoms with Crippen molar-refractivity contribution in [1.82, 2.24) is 14.7 Å². The average Bonchev–Trinajstić information content (AvgIpc) is 3.27. The van der Waals surface area contributed by atoms with Gasteiger partial charge in [-0.2, -0.15) is 5.10 Å². The highest BCUT2D eigenvalue weighted by atomic mass is 16.2.